The fourth-order valence-corrected chi connectivity index (χ4v) is 3.73. The second-order valence-corrected chi connectivity index (χ2v) is 8.20. The Bertz CT molecular complexity index is 1200. The molecule has 5 nitrogen and oxygen atoms in total. The van der Waals surface area contributed by atoms with Crippen molar-refractivity contribution in [3.63, 3.8) is 0 Å². The number of hydrogen-bond donors (Lipinski definition) is 1. The van der Waals surface area contributed by atoms with Gasteiger partial charge in [-0.3, -0.25) is 14.5 Å². The molecule has 0 saturated heterocycles. The third-order valence-electron chi connectivity index (χ3n) is 5.65. The summed E-state index contributed by atoms with van der Waals surface area (Å²) in [6, 6.07) is 20.5. The van der Waals surface area contributed by atoms with Crippen molar-refractivity contribution in [3.05, 3.63) is 101 Å². The average Bonchev–Trinajstić information content (AvgIpc) is 3.04. The SMILES string of the molecule is COc1ccc(CN2C(=O)C(Nc3ccc(C(C)C)cc3)=C(c3ccc(F)cc3)C2=O)cc1. The minimum absolute atomic E-state index is 0.115. The lowest BCUT2D eigenvalue weighted by molar-refractivity contribution is -0.137. The maximum Gasteiger partial charge on any atom is 0.278 e. The lowest BCUT2D eigenvalue weighted by atomic mass is 10.0. The Hall–Kier alpha value is -3.93. The number of hydrogen-bond acceptors (Lipinski definition) is 4. The molecule has 0 aliphatic carbocycles. The average molecular weight is 445 g/mol. The Kier molecular flexibility index (Phi) is 6.27. The quantitative estimate of drug-likeness (QED) is 0.499. The van der Waals surface area contributed by atoms with Crippen LogP contribution in [0, 0.1) is 5.82 Å². The van der Waals surface area contributed by atoms with Gasteiger partial charge in [-0.1, -0.05) is 50.2 Å². The highest BCUT2D eigenvalue weighted by atomic mass is 19.1. The molecule has 0 aromatic heterocycles. The third-order valence-corrected chi connectivity index (χ3v) is 5.65. The van der Waals surface area contributed by atoms with Crippen LogP contribution in [0.15, 0.2) is 78.5 Å². The summed E-state index contributed by atoms with van der Waals surface area (Å²) in [5.74, 6) is -0.199. The highest BCUT2D eigenvalue weighted by Crippen LogP contribution is 2.32. The molecule has 3 aromatic rings. The van der Waals surface area contributed by atoms with E-state index in [1.54, 1.807) is 19.2 Å². The number of anilines is 1. The van der Waals surface area contributed by atoms with E-state index in [4.69, 9.17) is 4.74 Å². The minimum Gasteiger partial charge on any atom is -0.497 e. The van der Waals surface area contributed by atoms with Crippen LogP contribution in [0.25, 0.3) is 5.57 Å². The molecule has 1 aliphatic heterocycles. The first kappa shape index (κ1) is 22.3. The maximum absolute atomic E-state index is 13.5. The number of rotatable bonds is 7. The first-order chi connectivity index (χ1) is 15.9. The van der Waals surface area contributed by atoms with E-state index in [1.165, 1.54) is 34.7 Å². The molecule has 168 valence electrons. The molecule has 0 unspecified atom stereocenters. The number of ether oxygens (including phenoxy) is 1. The number of carbonyl (C=O) groups excluding carboxylic acids is 2. The van der Waals surface area contributed by atoms with Crippen LogP contribution < -0.4 is 10.1 Å². The van der Waals surface area contributed by atoms with Crippen molar-refractivity contribution in [2.45, 2.75) is 26.3 Å². The van der Waals surface area contributed by atoms with Crippen molar-refractivity contribution >= 4 is 23.1 Å². The lowest BCUT2D eigenvalue weighted by Crippen LogP contribution is -2.32. The van der Waals surface area contributed by atoms with Gasteiger partial charge in [-0.15, -0.1) is 0 Å². The largest absolute Gasteiger partial charge is 0.497 e. The fraction of sp³-hybridized carbons (Fsp3) is 0.185. The van der Waals surface area contributed by atoms with Gasteiger partial charge in [0.1, 0.15) is 17.3 Å². The van der Waals surface area contributed by atoms with E-state index < -0.39 is 17.6 Å². The van der Waals surface area contributed by atoms with Gasteiger partial charge in [-0.05, 0) is 59.0 Å². The number of nitrogens with zero attached hydrogens (tertiary/aromatic N) is 1. The van der Waals surface area contributed by atoms with Crippen molar-refractivity contribution in [1.82, 2.24) is 4.90 Å². The Morgan fingerprint density at radius 3 is 2.09 bits per heavy atom. The zero-order valence-electron chi connectivity index (χ0n) is 18.8. The first-order valence-electron chi connectivity index (χ1n) is 10.7. The highest BCUT2D eigenvalue weighted by Gasteiger charge is 2.39. The number of halogens is 1. The molecule has 1 aliphatic rings. The lowest BCUT2D eigenvalue weighted by Gasteiger charge is -2.16. The van der Waals surface area contributed by atoms with E-state index in [9.17, 15) is 14.0 Å². The van der Waals surface area contributed by atoms with Crippen LogP contribution in [0.3, 0.4) is 0 Å². The molecule has 4 rings (SSSR count). The predicted octanol–water partition coefficient (Wildman–Crippen LogP) is 5.35. The van der Waals surface area contributed by atoms with Crippen LogP contribution in [-0.4, -0.2) is 23.8 Å². The Morgan fingerprint density at radius 2 is 1.52 bits per heavy atom. The van der Waals surface area contributed by atoms with E-state index >= 15 is 0 Å². The number of amides is 2. The Labute approximate surface area is 192 Å². The summed E-state index contributed by atoms with van der Waals surface area (Å²) in [6.45, 7) is 4.32. The van der Waals surface area contributed by atoms with Crippen LogP contribution in [0.5, 0.6) is 5.75 Å². The molecule has 0 radical (unpaired) electrons. The van der Waals surface area contributed by atoms with Gasteiger partial charge in [0.25, 0.3) is 11.8 Å². The molecule has 0 spiro atoms. The second kappa shape index (κ2) is 9.28. The smallest absolute Gasteiger partial charge is 0.278 e. The van der Waals surface area contributed by atoms with Gasteiger partial charge in [0.05, 0.1) is 19.2 Å². The molecule has 0 atom stereocenters. The zero-order valence-corrected chi connectivity index (χ0v) is 18.8. The van der Waals surface area contributed by atoms with Gasteiger partial charge in [-0.25, -0.2) is 4.39 Å². The van der Waals surface area contributed by atoms with E-state index in [2.05, 4.69) is 19.2 Å². The van der Waals surface area contributed by atoms with Crippen molar-refractivity contribution in [1.29, 1.82) is 0 Å². The van der Waals surface area contributed by atoms with Crippen molar-refractivity contribution in [2.24, 2.45) is 0 Å². The topological polar surface area (TPSA) is 58.6 Å². The molecule has 3 aromatic carbocycles. The van der Waals surface area contributed by atoms with Crippen LogP contribution in [0.4, 0.5) is 10.1 Å². The summed E-state index contributed by atoms with van der Waals surface area (Å²) in [5.41, 5.74) is 3.54. The normalized spacial score (nSPS) is 13.8. The molecule has 6 heteroatoms. The molecular weight excluding hydrogens is 419 g/mol. The Balaban J connectivity index is 1.68. The highest BCUT2D eigenvalue weighted by molar-refractivity contribution is 6.36. The van der Waals surface area contributed by atoms with Crippen molar-refractivity contribution in [3.8, 4) is 5.75 Å². The summed E-state index contributed by atoms with van der Waals surface area (Å²) in [5, 5.41) is 3.14. The number of methoxy groups -OCH3 is 1. The van der Waals surface area contributed by atoms with E-state index in [-0.39, 0.29) is 17.8 Å². The predicted molar refractivity (Wildman–Crippen MR) is 126 cm³/mol. The summed E-state index contributed by atoms with van der Waals surface area (Å²) in [4.78, 5) is 27.9. The van der Waals surface area contributed by atoms with Gasteiger partial charge in [0.15, 0.2) is 0 Å². The van der Waals surface area contributed by atoms with E-state index in [1.807, 2.05) is 36.4 Å². The monoisotopic (exact) mass is 444 g/mol. The molecule has 33 heavy (non-hydrogen) atoms. The number of carbonyl (C=O) groups is 2. The molecule has 0 bridgehead atoms. The minimum atomic E-state index is -0.428. The van der Waals surface area contributed by atoms with Crippen molar-refractivity contribution < 1.29 is 18.7 Å². The standard InChI is InChI=1S/C27H25FN2O3/c1-17(2)19-8-12-22(13-9-19)29-25-24(20-6-10-21(28)11-7-20)26(31)30(27(25)32)16-18-4-14-23(33-3)15-5-18/h4-15,17,29H,16H2,1-3H3. The Morgan fingerprint density at radius 1 is 0.879 bits per heavy atom. The van der Waals surface area contributed by atoms with Crippen LogP contribution in [-0.2, 0) is 16.1 Å². The number of imide groups is 1. The zero-order chi connectivity index (χ0) is 23.5. The molecular formula is C27H25FN2O3. The van der Waals surface area contributed by atoms with E-state index in [0.29, 0.717) is 22.9 Å². The first-order valence-corrected chi connectivity index (χ1v) is 10.7. The van der Waals surface area contributed by atoms with Gasteiger partial charge in [0, 0.05) is 5.69 Å². The van der Waals surface area contributed by atoms with Crippen LogP contribution in [0.1, 0.15) is 36.5 Å². The van der Waals surface area contributed by atoms with Crippen molar-refractivity contribution in [2.75, 3.05) is 12.4 Å². The summed E-state index contributed by atoms with van der Waals surface area (Å²) in [7, 11) is 1.58. The number of benzene rings is 3. The van der Waals surface area contributed by atoms with Gasteiger partial charge < -0.3 is 10.1 Å². The molecule has 1 heterocycles. The van der Waals surface area contributed by atoms with Gasteiger partial charge in [-0.2, -0.15) is 0 Å². The summed E-state index contributed by atoms with van der Waals surface area (Å²) in [6.07, 6.45) is 0. The molecule has 1 N–H and O–H groups in total. The summed E-state index contributed by atoms with van der Waals surface area (Å²) < 4.78 is 18.7. The molecule has 0 fully saturated rings. The number of nitrogens with one attached hydrogen (secondary N) is 1. The third kappa shape index (κ3) is 4.65. The molecule has 0 saturated carbocycles. The fourth-order valence-electron chi connectivity index (χ4n) is 3.73. The van der Waals surface area contributed by atoms with Gasteiger partial charge >= 0.3 is 0 Å². The van der Waals surface area contributed by atoms with Crippen LogP contribution in [0.2, 0.25) is 0 Å². The van der Waals surface area contributed by atoms with Gasteiger partial charge in [0.2, 0.25) is 0 Å². The second-order valence-electron chi connectivity index (χ2n) is 8.20. The maximum atomic E-state index is 13.5. The van der Waals surface area contributed by atoms with Crippen LogP contribution >= 0.6 is 0 Å². The molecule has 2 amide bonds. The summed E-state index contributed by atoms with van der Waals surface area (Å²) >= 11 is 0. The van der Waals surface area contributed by atoms with E-state index in [0.717, 1.165) is 5.56 Å².